The molecule has 5 nitrogen and oxygen atoms in total. The van der Waals surface area contributed by atoms with Crippen molar-refractivity contribution in [1.29, 1.82) is 0 Å². The molecule has 0 saturated heterocycles. The molecule has 0 saturated carbocycles. The molecular weight excluding hydrogens is 185 g/mol. The van der Waals surface area contributed by atoms with Gasteiger partial charge in [0, 0.05) is 19.4 Å². The fourth-order valence-electron chi connectivity index (χ4n) is 1.13. The van der Waals surface area contributed by atoms with Crippen molar-refractivity contribution in [2.45, 2.75) is 0 Å². The second-order valence-corrected chi connectivity index (χ2v) is 2.79. The van der Waals surface area contributed by atoms with Gasteiger partial charge in [-0.2, -0.15) is 0 Å². The van der Waals surface area contributed by atoms with Crippen LogP contribution in [0.1, 0.15) is 0 Å². The second-order valence-electron chi connectivity index (χ2n) is 2.79. The summed E-state index contributed by atoms with van der Waals surface area (Å²) >= 11 is 0. The van der Waals surface area contributed by atoms with E-state index < -0.39 is 5.82 Å². The van der Waals surface area contributed by atoms with Gasteiger partial charge in [0.2, 0.25) is 5.95 Å². The lowest BCUT2D eigenvalue weighted by atomic mass is 10.3. The topological polar surface area (TPSA) is 69.6 Å². The molecule has 2 rings (SSSR count). The lowest BCUT2D eigenvalue weighted by Gasteiger charge is -2.02. The highest BCUT2D eigenvalue weighted by molar-refractivity contribution is 5.51. The molecule has 0 spiro atoms. The zero-order valence-corrected chi connectivity index (χ0v) is 7.48. The molecule has 0 aliphatic heterocycles. The zero-order chi connectivity index (χ0) is 10.1. The molecule has 0 radical (unpaired) electrons. The van der Waals surface area contributed by atoms with Crippen LogP contribution in [0, 0.1) is 5.82 Å². The first-order valence-electron chi connectivity index (χ1n) is 3.94. The van der Waals surface area contributed by atoms with Crippen LogP contribution in [0.5, 0.6) is 0 Å². The summed E-state index contributed by atoms with van der Waals surface area (Å²) < 4.78 is 14.9. The number of imidazole rings is 1. The lowest BCUT2D eigenvalue weighted by Crippen LogP contribution is -2.02. The van der Waals surface area contributed by atoms with Crippen molar-refractivity contribution in [3.8, 4) is 11.5 Å². The number of nitrogen functional groups attached to an aromatic ring is 1. The van der Waals surface area contributed by atoms with E-state index >= 15 is 0 Å². The van der Waals surface area contributed by atoms with Crippen LogP contribution in [0.15, 0.2) is 18.6 Å². The number of hydrogen-bond donors (Lipinski definition) is 1. The molecule has 0 unspecified atom stereocenters. The molecule has 0 amide bonds. The third-order valence-electron chi connectivity index (χ3n) is 1.80. The maximum Gasteiger partial charge on any atom is 0.220 e. The van der Waals surface area contributed by atoms with Gasteiger partial charge in [-0.25, -0.2) is 19.3 Å². The Balaban J connectivity index is 2.62. The lowest BCUT2D eigenvalue weighted by molar-refractivity contribution is 0.616. The molecule has 72 valence electrons. The van der Waals surface area contributed by atoms with Gasteiger partial charge in [0.25, 0.3) is 0 Å². The quantitative estimate of drug-likeness (QED) is 0.719. The molecule has 0 bridgehead atoms. The summed E-state index contributed by atoms with van der Waals surface area (Å²) in [5.41, 5.74) is 5.47. The third kappa shape index (κ3) is 1.30. The fourth-order valence-corrected chi connectivity index (χ4v) is 1.13. The summed E-state index contributed by atoms with van der Waals surface area (Å²) in [6.07, 6.45) is 4.30. The summed E-state index contributed by atoms with van der Waals surface area (Å²) in [6, 6.07) is 0. The molecule has 0 fully saturated rings. The van der Waals surface area contributed by atoms with Crippen molar-refractivity contribution in [1.82, 2.24) is 19.5 Å². The van der Waals surface area contributed by atoms with Crippen LogP contribution in [-0.2, 0) is 7.05 Å². The largest absolute Gasteiger partial charge is 0.368 e. The number of aryl methyl sites for hydroxylation is 1. The average molecular weight is 193 g/mol. The van der Waals surface area contributed by atoms with Gasteiger partial charge in [-0.15, -0.1) is 0 Å². The molecule has 2 N–H and O–H groups in total. The minimum Gasteiger partial charge on any atom is -0.368 e. The van der Waals surface area contributed by atoms with E-state index in [1.807, 2.05) is 0 Å². The van der Waals surface area contributed by atoms with Gasteiger partial charge < -0.3 is 10.3 Å². The van der Waals surface area contributed by atoms with Gasteiger partial charge in [-0.3, -0.25) is 0 Å². The van der Waals surface area contributed by atoms with E-state index in [4.69, 9.17) is 5.73 Å². The number of nitrogens with two attached hydrogens (primary N) is 1. The van der Waals surface area contributed by atoms with E-state index in [0.29, 0.717) is 5.82 Å². The fraction of sp³-hybridized carbons (Fsp3) is 0.125. The van der Waals surface area contributed by atoms with E-state index in [1.54, 1.807) is 24.0 Å². The summed E-state index contributed by atoms with van der Waals surface area (Å²) in [6.45, 7) is 0. The third-order valence-corrected chi connectivity index (χ3v) is 1.80. The Hall–Kier alpha value is -1.98. The molecule has 0 aliphatic rings. The number of rotatable bonds is 1. The van der Waals surface area contributed by atoms with Crippen molar-refractivity contribution >= 4 is 5.95 Å². The van der Waals surface area contributed by atoms with Gasteiger partial charge in [0.15, 0.2) is 11.6 Å². The van der Waals surface area contributed by atoms with Crippen molar-refractivity contribution < 1.29 is 4.39 Å². The first-order valence-corrected chi connectivity index (χ1v) is 3.94. The molecular formula is C8H8FN5. The smallest absolute Gasteiger partial charge is 0.220 e. The molecule has 0 aromatic carbocycles. The first kappa shape index (κ1) is 8.61. The van der Waals surface area contributed by atoms with Crippen molar-refractivity contribution in [2.24, 2.45) is 7.05 Å². The van der Waals surface area contributed by atoms with E-state index in [9.17, 15) is 4.39 Å². The van der Waals surface area contributed by atoms with Gasteiger partial charge >= 0.3 is 0 Å². The van der Waals surface area contributed by atoms with Crippen LogP contribution in [-0.4, -0.2) is 19.5 Å². The van der Waals surface area contributed by atoms with Crippen molar-refractivity contribution in [3.05, 3.63) is 24.4 Å². The van der Waals surface area contributed by atoms with Crippen molar-refractivity contribution in [3.63, 3.8) is 0 Å². The monoisotopic (exact) mass is 193 g/mol. The molecule has 2 heterocycles. The minimum atomic E-state index is -0.534. The van der Waals surface area contributed by atoms with Crippen LogP contribution >= 0.6 is 0 Å². The van der Waals surface area contributed by atoms with Gasteiger partial charge in [-0.05, 0) is 0 Å². The molecule has 2 aromatic heterocycles. The van der Waals surface area contributed by atoms with Crippen LogP contribution < -0.4 is 5.73 Å². The van der Waals surface area contributed by atoms with Crippen molar-refractivity contribution in [2.75, 3.05) is 5.73 Å². The Morgan fingerprint density at radius 2 is 2.21 bits per heavy atom. The molecule has 0 atom stereocenters. The summed E-state index contributed by atoms with van der Waals surface area (Å²) in [7, 11) is 1.75. The van der Waals surface area contributed by atoms with Crippen LogP contribution in [0.2, 0.25) is 0 Å². The molecule has 14 heavy (non-hydrogen) atoms. The predicted octanol–water partition coefficient (Wildman–Crippen LogP) is 0.598. The minimum absolute atomic E-state index is 0.0319. The Morgan fingerprint density at radius 3 is 2.86 bits per heavy atom. The molecule has 2 aromatic rings. The van der Waals surface area contributed by atoms with E-state index in [1.165, 1.54) is 0 Å². The number of hydrogen-bond acceptors (Lipinski definition) is 4. The van der Waals surface area contributed by atoms with E-state index in [2.05, 4.69) is 15.0 Å². The summed E-state index contributed by atoms with van der Waals surface area (Å²) in [5, 5.41) is 0. The average Bonchev–Trinajstić information content (AvgIpc) is 2.56. The Kier molecular flexibility index (Phi) is 1.88. The summed E-state index contributed by atoms with van der Waals surface area (Å²) in [5.74, 6) is -0.0745. The van der Waals surface area contributed by atoms with Gasteiger partial charge in [0.1, 0.15) is 5.69 Å². The predicted molar refractivity (Wildman–Crippen MR) is 48.6 cm³/mol. The number of nitrogens with zero attached hydrogens (tertiary/aromatic N) is 4. The Bertz CT molecular complexity index is 465. The molecule has 0 aliphatic carbocycles. The highest BCUT2D eigenvalue weighted by atomic mass is 19.1. The number of halogens is 1. The molecule has 6 heteroatoms. The highest BCUT2D eigenvalue weighted by Gasteiger charge is 2.11. The summed E-state index contributed by atoms with van der Waals surface area (Å²) in [4.78, 5) is 11.3. The standard InChI is InChI=1S/C8H8FN5/c1-14-3-2-11-7(14)6-5(9)4-12-8(10)13-6/h2-4H,1H3,(H2,10,12,13). The number of anilines is 1. The Labute approximate surface area is 79.4 Å². The number of aromatic nitrogens is 4. The van der Waals surface area contributed by atoms with Gasteiger partial charge in [0.05, 0.1) is 6.20 Å². The van der Waals surface area contributed by atoms with E-state index in [-0.39, 0.29) is 11.6 Å². The van der Waals surface area contributed by atoms with E-state index in [0.717, 1.165) is 6.20 Å². The van der Waals surface area contributed by atoms with Crippen LogP contribution in [0.3, 0.4) is 0 Å². The van der Waals surface area contributed by atoms with Gasteiger partial charge in [-0.1, -0.05) is 0 Å². The normalized spacial score (nSPS) is 10.4. The zero-order valence-electron chi connectivity index (χ0n) is 7.48. The maximum atomic E-state index is 13.3. The highest BCUT2D eigenvalue weighted by Crippen LogP contribution is 2.17. The second kappa shape index (κ2) is 3.06. The maximum absolute atomic E-state index is 13.3. The Morgan fingerprint density at radius 1 is 1.43 bits per heavy atom. The van der Waals surface area contributed by atoms with Crippen LogP contribution in [0.25, 0.3) is 11.5 Å². The first-order chi connectivity index (χ1) is 6.68. The SMILES string of the molecule is Cn1ccnc1-c1nc(N)ncc1F. The van der Waals surface area contributed by atoms with Crippen LogP contribution in [0.4, 0.5) is 10.3 Å².